The minimum absolute atomic E-state index is 0.166. The Morgan fingerprint density at radius 2 is 1.67 bits per heavy atom. The predicted octanol–water partition coefficient (Wildman–Crippen LogP) is 5.98. The highest BCUT2D eigenvalue weighted by Crippen LogP contribution is 2.29. The minimum atomic E-state index is -0.166. The molecule has 6 heteroatoms. The fourth-order valence-corrected chi connectivity index (χ4v) is 4.13. The topological polar surface area (TPSA) is 34.9 Å². The summed E-state index contributed by atoms with van der Waals surface area (Å²) >= 11 is 14.0. The van der Waals surface area contributed by atoms with E-state index in [0.717, 1.165) is 5.56 Å². The van der Waals surface area contributed by atoms with Gasteiger partial charge in [-0.25, -0.2) is 4.98 Å². The standard InChI is InChI=1S/C21H14Cl2N2OS/c22-15-10-11-17(23)19(12-15)25-20(26)16-8-4-5-9-18(16)24-21(25)27-13-14-6-2-1-3-7-14/h1-12H,13H2. The fourth-order valence-electron chi connectivity index (χ4n) is 2.80. The number of fused-ring (bicyclic) bond motifs is 1. The second-order valence-corrected chi connectivity index (χ2v) is 7.71. The maximum Gasteiger partial charge on any atom is 0.266 e. The summed E-state index contributed by atoms with van der Waals surface area (Å²) in [6.45, 7) is 0. The third kappa shape index (κ3) is 3.74. The number of rotatable bonds is 4. The first-order chi connectivity index (χ1) is 13.1. The van der Waals surface area contributed by atoms with Gasteiger partial charge in [0, 0.05) is 10.8 Å². The van der Waals surface area contributed by atoms with Crippen molar-refractivity contribution in [2.75, 3.05) is 0 Å². The zero-order valence-electron chi connectivity index (χ0n) is 14.1. The van der Waals surface area contributed by atoms with Crippen LogP contribution in [0, 0.1) is 0 Å². The van der Waals surface area contributed by atoms with E-state index in [9.17, 15) is 4.79 Å². The quantitative estimate of drug-likeness (QED) is 0.305. The molecule has 0 aliphatic carbocycles. The molecule has 0 spiro atoms. The van der Waals surface area contributed by atoms with Gasteiger partial charge in [-0.3, -0.25) is 9.36 Å². The number of hydrogen-bond donors (Lipinski definition) is 0. The molecule has 0 amide bonds. The molecule has 3 nitrogen and oxygen atoms in total. The van der Waals surface area contributed by atoms with E-state index in [0.29, 0.717) is 37.5 Å². The van der Waals surface area contributed by atoms with Crippen molar-refractivity contribution in [3.63, 3.8) is 0 Å². The highest BCUT2D eigenvalue weighted by atomic mass is 35.5. The Hall–Kier alpha value is -2.27. The Morgan fingerprint density at radius 3 is 2.48 bits per heavy atom. The van der Waals surface area contributed by atoms with Gasteiger partial charge in [0.2, 0.25) is 0 Å². The molecule has 134 valence electrons. The second kappa shape index (κ2) is 7.77. The fraction of sp³-hybridized carbons (Fsp3) is 0.0476. The number of nitrogens with zero attached hydrogens (tertiary/aromatic N) is 2. The van der Waals surface area contributed by atoms with Gasteiger partial charge in [-0.15, -0.1) is 0 Å². The van der Waals surface area contributed by atoms with Crippen LogP contribution in [0.4, 0.5) is 0 Å². The highest BCUT2D eigenvalue weighted by Gasteiger charge is 2.16. The number of aromatic nitrogens is 2. The lowest BCUT2D eigenvalue weighted by atomic mass is 10.2. The molecule has 1 heterocycles. The normalized spacial score (nSPS) is 11.0. The van der Waals surface area contributed by atoms with Crippen LogP contribution in [0.2, 0.25) is 10.0 Å². The molecule has 0 aliphatic heterocycles. The van der Waals surface area contributed by atoms with Crippen molar-refractivity contribution in [1.82, 2.24) is 9.55 Å². The van der Waals surface area contributed by atoms with Crippen LogP contribution in [0.15, 0.2) is 82.7 Å². The van der Waals surface area contributed by atoms with Crippen LogP contribution in [-0.2, 0) is 5.75 Å². The molecule has 0 N–H and O–H groups in total. The van der Waals surface area contributed by atoms with Crippen molar-refractivity contribution in [1.29, 1.82) is 0 Å². The first kappa shape index (κ1) is 18.1. The van der Waals surface area contributed by atoms with E-state index in [1.54, 1.807) is 28.8 Å². The lowest BCUT2D eigenvalue weighted by molar-refractivity contribution is 0.820. The summed E-state index contributed by atoms with van der Waals surface area (Å²) in [7, 11) is 0. The van der Waals surface area contributed by atoms with E-state index in [1.807, 2.05) is 48.5 Å². The second-order valence-electron chi connectivity index (χ2n) is 5.92. The van der Waals surface area contributed by atoms with Crippen molar-refractivity contribution in [2.24, 2.45) is 0 Å². The van der Waals surface area contributed by atoms with Gasteiger partial charge in [-0.05, 0) is 35.9 Å². The largest absolute Gasteiger partial charge is 0.268 e. The van der Waals surface area contributed by atoms with Gasteiger partial charge in [0.25, 0.3) is 5.56 Å². The summed E-state index contributed by atoms with van der Waals surface area (Å²) in [6, 6.07) is 22.4. The number of benzene rings is 3. The lowest BCUT2D eigenvalue weighted by Crippen LogP contribution is -2.22. The molecule has 0 saturated heterocycles. The molecule has 0 radical (unpaired) electrons. The van der Waals surface area contributed by atoms with Gasteiger partial charge in [0.1, 0.15) is 0 Å². The van der Waals surface area contributed by atoms with E-state index in [1.165, 1.54) is 11.8 Å². The third-order valence-corrected chi connectivity index (χ3v) is 5.67. The van der Waals surface area contributed by atoms with Crippen LogP contribution in [0.1, 0.15) is 5.56 Å². The van der Waals surface area contributed by atoms with Crippen molar-refractivity contribution < 1.29 is 0 Å². The van der Waals surface area contributed by atoms with Crippen LogP contribution in [-0.4, -0.2) is 9.55 Å². The predicted molar refractivity (Wildman–Crippen MR) is 113 cm³/mol. The van der Waals surface area contributed by atoms with E-state index in [4.69, 9.17) is 28.2 Å². The average molecular weight is 413 g/mol. The number of para-hydroxylation sites is 1. The molecule has 0 aliphatic rings. The van der Waals surface area contributed by atoms with Gasteiger partial charge in [0.05, 0.1) is 21.6 Å². The Labute approximate surface area is 170 Å². The molecule has 4 rings (SSSR count). The first-order valence-corrected chi connectivity index (χ1v) is 10.0. The molecule has 0 atom stereocenters. The maximum absolute atomic E-state index is 13.2. The van der Waals surface area contributed by atoms with E-state index in [2.05, 4.69) is 0 Å². The summed E-state index contributed by atoms with van der Waals surface area (Å²) in [5.74, 6) is 0.684. The number of hydrogen-bond acceptors (Lipinski definition) is 3. The third-order valence-electron chi connectivity index (χ3n) is 4.10. The molecule has 27 heavy (non-hydrogen) atoms. The Kier molecular flexibility index (Phi) is 5.21. The summed E-state index contributed by atoms with van der Waals surface area (Å²) in [6.07, 6.45) is 0. The molecule has 0 unspecified atom stereocenters. The monoisotopic (exact) mass is 412 g/mol. The molecule has 3 aromatic carbocycles. The van der Waals surface area contributed by atoms with E-state index < -0.39 is 0 Å². The van der Waals surface area contributed by atoms with Crippen LogP contribution < -0.4 is 5.56 Å². The van der Waals surface area contributed by atoms with Crippen molar-refractivity contribution >= 4 is 45.9 Å². The minimum Gasteiger partial charge on any atom is -0.268 e. The van der Waals surface area contributed by atoms with Crippen LogP contribution in [0.3, 0.4) is 0 Å². The highest BCUT2D eigenvalue weighted by molar-refractivity contribution is 7.98. The smallest absolute Gasteiger partial charge is 0.266 e. The van der Waals surface area contributed by atoms with Crippen LogP contribution >= 0.6 is 35.0 Å². The average Bonchev–Trinajstić information content (AvgIpc) is 2.69. The lowest BCUT2D eigenvalue weighted by Gasteiger charge is -2.14. The summed E-state index contributed by atoms with van der Waals surface area (Å²) < 4.78 is 1.55. The van der Waals surface area contributed by atoms with E-state index >= 15 is 0 Å². The summed E-state index contributed by atoms with van der Waals surface area (Å²) in [5.41, 5.74) is 2.17. The molecular weight excluding hydrogens is 399 g/mol. The van der Waals surface area contributed by atoms with Gasteiger partial charge < -0.3 is 0 Å². The Balaban J connectivity index is 1.90. The maximum atomic E-state index is 13.2. The number of halogens is 2. The van der Waals surface area contributed by atoms with E-state index in [-0.39, 0.29) is 5.56 Å². The first-order valence-electron chi connectivity index (χ1n) is 8.27. The zero-order valence-corrected chi connectivity index (χ0v) is 16.4. The Bertz CT molecular complexity index is 1180. The van der Waals surface area contributed by atoms with Gasteiger partial charge in [0.15, 0.2) is 5.16 Å². The molecule has 0 fully saturated rings. The SMILES string of the molecule is O=c1c2ccccc2nc(SCc2ccccc2)n1-c1cc(Cl)ccc1Cl. The molecule has 0 saturated carbocycles. The van der Waals surface area contributed by atoms with Gasteiger partial charge in [-0.2, -0.15) is 0 Å². The van der Waals surface area contributed by atoms with Crippen molar-refractivity contribution in [3.05, 3.63) is 98.8 Å². The molecule has 4 aromatic rings. The Morgan fingerprint density at radius 1 is 0.926 bits per heavy atom. The zero-order chi connectivity index (χ0) is 18.8. The van der Waals surface area contributed by atoms with Crippen molar-refractivity contribution in [3.8, 4) is 5.69 Å². The summed E-state index contributed by atoms with van der Waals surface area (Å²) in [5, 5.41) is 2.07. The molecule has 1 aromatic heterocycles. The van der Waals surface area contributed by atoms with Crippen LogP contribution in [0.5, 0.6) is 0 Å². The molecule has 0 bridgehead atoms. The van der Waals surface area contributed by atoms with Gasteiger partial charge in [-0.1, -0.05) is 77.4 Å². The van der Waals surface area contributed by atoms with Gasteiger partial charge >= 0.3 is 0 Å². The van der Waals surface area contributed by atoms with Crippen molar-refractivity contribution in [2.45, 2.75) is 10.9 Å². The van der Waals surface area contributed by atoms with Crippen LogP contribution in [0.25, 0.3) is 16.6 Å². The number of thioether (sulfide) groups is 1. The summed E-state index contributed by atoms with van der Waals surface area (Å²) in [4.78, 5) is 18.0. The molecular formula is C21H14Cl2N2OS.